The molecule has 0 aliphatic carbocycles. The fourth-order valence-corrected chi connectivity index (χ4v) is 2.99. The Morgan fingerprint density at radius 1 is 1.00 bits per heavy atom. The summed E-state index contributed by atoms with van der Waals surface area (Å²) >= 11 is 0. The first-order chi connectivity index (χ1) is 11.9. The number of carbonyl (C=O) groups is 2. The van der Waals surface area contributed by atoms with E-state index in [1.165, 1.54) is 0 Å². The molecule has 0 bridgehead atoms. The molecule has 130 valence electrons. The van der Waals surface area contributed by atoms with Crippen molar-refractivity contribution in [1.29, 1.82) is 0 Å². The second kappa shape index (κ2) is 7.07. The van der Waals surface area contributed by atoms with Crippen LogP contribution in [-0.2, 0) is 0 Å². The Balaban J connectivity index is 1.67. The molecule has 5 nitrogen and oxygen atoms in total. The average Bonchev–Trinajstić information content (AvgIpc) is 2.61. The minimum absolute atomic E-state index is 0.00425. The Labute approximate surface area is 148 Å². The van der Waals surface area contributed by atoms with Crippen LogP contribution in [0.2, 0.25) is 0 Å². The van der Waals surface area contributed by atoms with Gasteiger partial charge in [0.1, 0.15) is 0 Å². The van der Waals surface area contributed by atoms with Crippen LogP contribution in [0.15, 0.2) is 54.6 Å². The van der Waals surface area contributed by atoms with E-state index in [-0.39, 0.29) is 17.4 Å². The van der Waals surface area contributed by atoms with E-state index in [9.17, 15) is 9.59 Å². The minimum atomic E-state index is -0.187. The van der Waals surface area contributed by atoms with Crippen LogP contribution in [0.5, 0.6) is 0 Å². The van der Waals surface area contributed by atoms with Crippen molar-refractivity contribution in [2.45, 2.75) is 19.4 Å². The number of anilines is 1. The number of hydrogen-bond acceptors (Lipinski definition) is 3. The number of amides is 2. The lowest BCUT2D eigenvalue weighted by molar-refractivity contribution is 0.0652. The van der Waals surface area contributed by atoms with E-state index in [0.29, 0.717) is 24.2 Å². The maximum atomic E-state index is 12.7. The average molecular weight is 337 g/mol. The molecule has 1 heterocycles. The van der Waals surface area contributed by atoms with E-state index >= 15 is 0 Å². The third kappa shape index (κ3) is 4.25. The van der Waals surface area contributed by atoms with E-state index in [4.69, 9.17) is 0 Å². The molecule has 0 unspecified atom stereocenters. The standard InChI is InChI=1S/C20H23N3O2/c1-20(2)14-23(13-12-21-20)19(25)16-10-8-15(9-11-16)18(24)22-17-6-4-3-5-7-17/h3-11,21H,12-14H2,1-2H3,(H,22,24). The Kier molecular flexibility index (Phi) is 4.86. The van der Waals surface area contributed by atoms with Gasteiger partial charge < -0.3 is 15.5 Å². The molecule has 0 atom stereocenters. The zero-order chi connectivity index (χ0) is 17.9. The van der Waals surface area contributed by atoms with E-state index < -0.39 is 0 Å². The van der Waals surface area contributed by atoms with Gasteiger partial charge in [-0.3, -0.25) is 9.59 Å². The second-order valence-corrected chi connectivity index (χ2v) is 6.93. The molecule has 25 heavy (non-hydrogen) atoms. The predicted octanol–water partition coefficient (Wildman–Crippen LogP) is 2.76. The van der Waals surface area contributed by atoms with Gasteiger partial charge in [0, 0.05) is 42.0 Å². The largest absolute Gasteiger partial charge is 0.336 e. The highest BCUT2D eigenvalue weighted by Crippen LogP contribution is 2.15. The number of hydrogen-bond donors (Lipinski definition) is 2. The van der Waals surface area contributed by atoms with Crippen LogP contribution in [0, 0.1) is 0 Å². The van der Waals surface area contributed by atoms with Crippen LogP contribution < -0.4 is 10.6 Å². The number of nitrogens with one attached hydrogen (secondary N) is 2. The molecule has 0 aromatic heterocycles. The van der Waals surface area contributed by atoms with Gasteiger partial charge in [0.05, 0.1) is 0 Å². The normalized spacial score (nSPS) is 16.3. The van der Waals surface area contributed by atoms with Gasteiger partial charge in [-0.25, -0.2) is 0 Å². The van der Waals surface area contributed by atoms with Crippen LogP contribution in [0.1, 0.15) is 34.6 Å². The third-order valence-corrected chi connectivity index (χ3v) is 4.28. The molecule has 1 fully saturated rings. The molecule has 2 aromatic rings. The SMILES string of the molecule is CC1(C)CN(C(=O)c2ccc(C(=O)Nc3ccccc3)cc2)CCN1. The molecular formula is C20H23N3O2. The Morgan fingerprint density at radius 2 is 1.64 bits per heavy atom. The number of benzene rings is 2. The molecule has 0 saturated carbocycles. The molecule has 5 heteroatoms. The van der Waals surface area contributed by atoms with E-state index in [1.54, 1.807) is 24.3 Å². The summed E-state index contributed by atoms with van der Waals surface area (Å²) in [6, 6.07) is 16.1. The van der Waals surface area contributed by atoms with Gasteiger partial charge in [-0.15, -0.1) is 0 Å². The molecule has 2 aromatic carbocycles. The van der Waals surface area contributed by atoms with Crippen LogP contribution >= 0.6 is 0 Å². The van der Waals surface area contributed by atoms with Gasteiger partial charge >= 0.3 is 0 Å². The first-order valence-electron chi connectivity index (χ1n) is 8.45. The summed E-state index contributed by atoms with van der Waals surface area (Å²) in [7, 11) is 0. The predicted molar refractivity (Wildman–Crippen MR) is 98.8 cm³/mol. The van der Waals surface area contributed by atoms with Crippen LogP contribution in [0.4, 0.5) is 5.69 Å². The second-order valence-electron chi connectivity index (χ2n) is 6.93. The highest BCUT2D eigenvalue weighted by molar-refractivity contribution is 6.05. The highest BCUT2D eigenvalue weighted by Gasteiger charge is 2.29. The van der Waals surface area contributed by atoms with Crippen molar-refractivity contribution < 1.29 is 9.59 Å². The number of para-hydroxylation sites is 1. The Bertz CT molecular complexity index is 754. The number of piperazine rings is 1. The van der Waals surface area contributed by atoms with Crippen LogP contribution in [0.3, 0.4) is 0 Å². The Hall–Kier alpha value is -2.66. The summed E-state index contributed by atoms with van der Waals surface area (Å²) in [5.74, 6) is -0.182. The zero-order valence-corrected chi connectivity index (χ0v) is 14.6. The highest BCUT2D eigenvalue weighted by atomic mass is 16.2. The van der Waals surface area contributed by atoms with E-state index in [0.717, 1.165) is 12.2 Å². The third-order valence-electron chi connectivity index (χ3n) is 4.28. The lowest BCUT2D eigenvalue weighted by atomic mass is 10.0. The quantitative estimate of drug-likeness (QED) is 0.905. The van der Waals surface area contributed by atoms with E-state index in [1.807, 2.05) is 35.2 Å². The van der Waals surface area contributed by atoms with Gasteiger partial charge in [-0.1, -0.05) is 18.2 Å². The fraction of sp³-hybridized carbons (Fsp3) is 0.300. The van der Waals surface area contributed by atoms with Crippen molar-refractivity contribution in [2.24, 2.45) is 0 Å². The van der Waals surface area contributed by atoms with Crippen LogP contribution in [-0.4, -0.2) is 41.9 Å². The van der Waals surface area contributed by atoms with Crippen molar-refractivity contribution in [3.63, 3.8) is 0 Å². The van der Waals surface area contributed by atoms with Crippen LogP contribution in [0.25, 0.3) is 0 Å². The first-order valence-corrected chi connectivity index (χ1v) is 8.45. The zero-order valence-electron chi connectivity index (χ0n) is 14.6. The van der Waals surface area contributed by atoms with Crippen molar-refractivity contribution in [2.75, 3.05) is 25.0 Å². The summed E-state index contributed by atoms with van der Waals surface area (Å²) in [6.45, 7) is 6.32. The fourth-order valence-electron chi connectivity index (χ4n) is 2.99. The first kappa shape index (κ1) is 17.2. The molecule has 0 radical (unpaired) electrons. The lowest BCUT2D eigenvalue weighted by Crippen LogP contribution is -2.58. The minimum Gasteiger partial charge on any atom is -0.336 e. The lowest BCUT2D eigenvalue weighted by Gasteiger charge is -2.39. The van der Waals surface area contributed by atoms with Crippen molar-refractivity contribution in [3.05, 3.63) is 65.7 Å². The summed E-state index contributed by atoms with van der Waals surface area (Å²) < 4.78 is 0. The smallest absolute Gasteiger partial charge is 0.255 e. The molecular weight excluding hydrogens is 314 g/mol. The Morgan fingerprint density at radius 3 is 2.28 bits per heavy atom. The topological polar surface area (TPSA) is 61.4 Å². The van der Waals surface area contributed by atoms with E-state index in [2.05, 4.69) is 24.5 Å². The van der Waals surface area contributed by atoms with Gasteiger partial charge in [0.25, 0.3) is 11.8 Å². The summed E-state index contributed by atoms with van der Waals surface area (Å²) in [5, 5.41) is 6.23. The molecule has 1 saturated heterocycles. The molecule has 1 aliphatic rings. The van der Waals surface area contributed by atoms with Gasteiger partial charge in [-0.05, 0) is 50.2 Å². The monoisotopic (exact) mass is 337 g/mol. The summed E-state index contributed by atoms with van der Waals surface area (Å²) in [5.41, 5.74) is 1.80. The van der Waals surface area contributed by atoms with Gasteiger partial charge in [0.15, 0.2) is 0 Å². The molecule has 3 rings (SSSR count). The number of rotatable bonds is 3. The summed E-state index contributed by atoms with van der Waals surface area (Å²) in [6.07, 6.45) is 0. The maximum Gasteiger partial charge on any atom is 0.255 e. The molecule has 1 aliphatic heterocycles. The summed E-state index contributed by atoms with van der Waals surface area (Å²) in [4.78, 5) is 26.8. The molecule has 2 amide bonds. The maximum absolute atomic E-state index is 12.7. The molecule has 0 spiro atoms. The van der Waals surface area contributed by atoms with Crippen molar-refractivity contribution in [1.82, 2.24) is 10.2 Å². The van der Waals surface area contributed by atoms with Crippen molar-refractivity contribution in [3.8, 4) is 0 Å². The molecule has 2 N–H and O–H groups in total. The van der Waals surface area contributed by atoms with Crippen molar-refractivity contribution >= 4 is 17.5 Å². The number of nitrogens with zero attached hydrogens (tertiary/aromatic N) is 1. The van der Waals surface area contributed by atoms with Gasteiger partial charge in [0.2, 0.25) is 0 Å². The number of carbonyl (C=O) groups excluding carboxylic acids is 2. The van der Waals surface area contributed by atoms with Gasteiger partial charge in [-0.2, -0.15) is 0 Å².